The van der Waals surface area contributed by atoms with Gasteiger partial charge in [-0.1, -0.05) is 0 Å². The molecule has 0 amide bonds. The molecule has 0 aliphatic rings. The lowest BCUT2D eigenvalue weighted by atomic mass is 10.2. The lowest BCUT2D eigenvalue weighted by Crippen LogP contribution is -2.31. The topological polar surface area (TPSA) is 162 Å². The predicted octanol–water partition coefficient (Wildman–Crippen LogP) is -4.61. The largest absolute Gasteiger partial charge is 0.394 e. The summed E-state index contributed by atoms with van der Waals surface area (Å²) >= 11 is 0. The summed E-state index contributed by atoms with van der Waals surface area (Å²) in [5, 5.41) is 66.3. The summed E-state index contributed by atoms with van der Waals surface area (Å²) in [6.07, 6.45) is -4.89. The lowest BCUT2D eigenvalue weighted by molar-refractivity contribution is -0.0388. The van der Waals surface area contributed by atoms with Crippen LogP contribution in [0, 0.1) is 0 Å². The second-order valence-electron chi connectivity index (χ2n) is 3.00. The Morgan fingerprint density at radius 1 is 0.438 bits per heavy atom. The molecule has 8 nitrogen and oxygen atoms in total. The van der Waals surface area contributed by atoms with E-state index in [1.807, 2.05) is 0 Å². The van der Waals surface area contributed by atoms with Gasteiger partial charge in [0.05, 0.1) is 26.4 Å². The third-order valence-corrected chi connectivity index (χ3v) is 1.64. The standard InChI is InChI=1S/2C4H10O4/c2*5-1-3(7)4(8)2-6/h2*3-8H,1-2H2/t2*3-,4-/m11/s1. The normalized spacial score (nSPS) is 18.0. The molecule has 0 rings (SSSR count). The second-order valence-corrected chi connectivity index (χ2v) is 3.00. The minimum Gasteiger partial charge on any atom is -0.394 e. The van der Waals surface area contributed by atoms with Crippen molar-refractivity contribution in [1.82, 2.24) is 0 Å². The van der Waals surface area contributed by atoms with Crippen molar-refractivity contribution in [3.05, 3.63) is 0 Å². The molecule has 0 heterocycles. The van der Waals surface area contributed by atoms with Gasteiger partial charge in [-0.15, -0.1) is 0 Å². The van der Waals surface area contributed by atoms with Gasteiger partial charge in [-0.3, -0.25) is 0 Å². The molecule has 0 saturated carbocycles. The average molecular weight is 244 g/mol. The van der Waals surface area contributed by atoms with Crippen LogP contribution in [0.1, 0.15) is 0 Å². The van der Waals surface area contributed by atoms with E-state index in [0.717, 1.165) is 0 Å². The van der Waals surface area contributed by atoms with Crippen LogP contribution in [0.3, 0.4) is 0 Å². The monoisotopic (exact) mass is 244 g/mol. The molecule has 0 radical (unpaired) electrons. The molecule has 8 heteroatoms. The molecule has 0 aliphatic heterocycles. The minimum atomic E-state index is -1.22. The smallest absolute Gasteiger partial charge is 0.105 e. The van der Waals surface area contributed by atoms with Gasteiger partial charge in [0.25, 0.3) is 0 Å². The van der Waals surface area contributed by atoms with Gasteiger partial charge in [-0.25, -0.2) is 0 Å². The van der Waals surface area contributed by atoms with Crippen LogP contribution >= 0.6 is 0 Å². The van der Waals surface area contributed by atoms with Crippen LogP contribution in [0.5, 0.6) is 0 Å². The molecular formula is C8H20O8. The van der Waals surface area contributed by atoms with Crippen LogP contribution in [0.15, 0.2) is 0 Å². The fourth-order valence-corrected chi connectivity index (χ4v) is 0.487. The molecule has 0 spiro atoms. The van der Waals surface area contributed by atoms with Gasteiger partial charge >= 0.3 is 0 Å². The number of hydrogen-bond donors (Lipinski definition) is 8. The van der Waals surface area contributed by atoms with E-state index in [2.05, 4.69) is 0 Å². The Morgan fingerprint density at radius 2 is 0.562 bits per heavy atom. The first-order valence-corrected chi connectivity index (χ1v) is 4.60. The quantitative estimate of drug-likeness (QED) is 0.231. The van der Waals surface area contributed by atoms with Crippen LogP contribution in [0.25, 0.3) is 0 Å². The summed E-state index contributed by atoms with van der Waals surface area (Å²) in [4.78, 5) is 0. The molecule has 0 fully saturated rings. The molecule has 0 unspecified atom stereocenters. The summed E-state index contributed by atoms with van der Waals surface area (Å²) in [6, 6.07) is 0. The van der Waals surface area contributed by atoms with E-state index in [-0.39, 0.29) is 0 Å². The predicted molar refractivity (Wildman–Crippen MR) is 52.4 cm³/mol. The summed E-state index contributed by atoms with van der Waals surface area (Å²) < 4.78 is 0. The van der Waals surface area contributed by atoms with Gasteiger partial charge in [-0.05, 0) is 0 Å². The number of rotatable bonds is 6. The molecule has 0 bridgehead atoms. The molecule has 100 valence electrons. The first-order valence-electron chi connectivity index (χ1n) is 4.60. The van der Waals surface area contributed by atoms with Crippen LogP contribution in [-0.4, -0.2) is 91.7 Å². The van der Waals surface area contributed by atoms with Gasteiger partial charge in [0.1, 0.15) is 24.4 Å². The zero-order chi connectivity index (χ0) is 13.1. The SMILES string of the molecule is OC[C@@H](O)[C@H](O)CO.OC[C@@H](O)[C@H](O)CO. The van der Waals surface area contributed by atoms with Gasteiger partial charge in [0.15, 0.2) is 0 Å². The van der Waals surface area contributed by atoms with Crippen molar-refractivity contribution >= 4 is 0 Å². The third-order valence-electron chi connectivity index (χ3n) is 1.64. The zero-order valence-electron chi connectivity index (χ0n) is 8.72. The van der Waals surface area contributed by atoms with Crippen molar-refractivity contribution < 1.29 is 40.9 Å². The van der Waals surface area contributed by atoms with Crippen LogP contribution in [-0.2, 0) is 0 Å². The van der Waals surface area contributed by atoms with Crippen molar-refractivity contribution in [2.45, 2.75) is 24.4 Å². The average Bonchev–Trinajstić information content (AvgIpc) is 2.35. The fourth-order valence-electron chi connectivity index (χ4n) is 0.487. The Kier molecular flexibility index (Phi) is 12.6. The number of aliphatic hydroxyl groups is 8. The van der Waals surface area contributed by atoms with E-state index in [1.54, 1.807) is 0 Å². The maximum Gasteiger partial charge on any atom is 0.105 e. The molecule has 0 aromatic rings. The highest BCUT2D eigenvalue weighted by Crippen LogP contribution is 1.89. The molecule has 8 N–H and O–H groups in total. The third kappa shape index (κ3) is 8.95. The van der Waals surface area contributed by atoms with E-state index < -0.39 is 50.8 Å². The Hall–Kier alpha value is -0.320. The van der Waals surface area contributed by atoms with E-state index in [9.17, 15) is 0 Å². The molecule has 0 aliphatic carbocycles. The van der Waals surface area contributed by atoms with Crippen molar-refractivity contribution in [1.29, 1.82) is 0 Å². The van der Waals surface area contributed by atoms with Crippen molar-refractivity contribution in [3.8, 4) is 0 Å². The highest BCUT2D eigenvalue weighted by atomic mass is 16.4. The zero-order valence-corrected chi connectivity index (χ0v) is 8.72. The number of aliphatic hydroxyl groups excluding tert-OH is 8. The van der Waals surface area contributed by atoms with Crippen molar-refractivity contribution in [2.24, 2.45) is 0 Å². The second kappa shape index (κ2) is 11.2. The van der Waals surface area contributed by atoms with E-state index in [4.69, 9.17) is 40.9 Å². The Labute approximate surface area is 92.7 Å². The van der Waals surface area contributed by atoms with Crippen LogP contribution < -0.4 is 0 Å². The highest BCUT2D eigenvalue weighted by Gasteiger charge is 2.12. The Balaban J connectivity index is 0. The van der Waals surface area contributed by atoms with E-state index >= 15 is 0 Å². The maximum atomic E-state index is 8.47. The van der Waals surface area contributed by atoms with Crippen LogP contribution in [0.2, 0.25) is 0 Å². The molecular weight excluding hydrogens is 224 g/mol. The molecule has 0 aromatic heterocycles. The summed E-state index contributed by atoms with van der Waals surface area (Å²) in [7, 11) is 0. The van der Waals surface area contributed by atoms with Crippen molar-refractivity contribution in [2.75, 3.05) is 26.4 Å². The van der Waals surface area contributed by atoms with Crippen molar-refractivity contribution in [3.63, 3.8) is 0 Å². The summed E-state index contributed by atoms with van der Waals surface area (Å²) in [5.74, 6) is 0. The fraction of sp³-hybridized carbons (Fsp3) is 1.00. The molecule has 16 heavy (non-hydrogen) atoms. The van der Waals surface area contributed by atoms with Gasteiger partial charge in [0, 0.05) is 0 Å². The Bertz CT molecular complexity index is 112. The first-order chi connectivity index (χ1) is 7.44. The van der Waals surface area contributed by atoms with Crippen LogP contribution in [0.4, 0.5) is 0 Å². The highest BCUT2D eigenvalue weighted by molar-refractivity contribution is 4.63. The summed E-state index contributed by atoms with van der Waals surface area (Å²) in [5.41, 5.74) is 0. The minimum absolute atomic E-state index is 0.526. The first kappa shape index (κ1) is 18.1. The van der Waals surface area contributed by atoms with E-state index in [0.29, 0.717) is 0 Å². The molecule has 0 aromatic carbocycles. The maximum absolute atomic E-state index is 8.47. The molecule has 4 atom stereocenters. The van der Waals surface area contributed by atoms with Gasteiger partial charge < -0.3 is 40.9 Å². The van der Waals surface area contributed by atoms with Gasteiger partial charge in [0.2, 0.25) is 0 Å². The number of hydrogen-bond acceptors (Lipinski definition) is 8. The van der Waals surface area contributed by atoms with E-state index in [1.165, 1.54) is 0 Å². The summed E-state index contributed by atoms with van der Waals surface area (Å²) in [6.45, 7) is -2.10. The Morgan fingerprint density at radius 3 is 0.625 bits per heavy atom. The lowest BCUT2D eigenvalue weighted by Gasteiger charge is -2.10. The molecule has 0 saturated heterocycles. The van der Waals surface area contributed by atoms with Gasteiger partial charge in [-0.2, -0.15) is 0 Å².